The largest absolute Gasteiger partial charge is 0.0622 e. The van der Waals surface area contributed by atoms with Gasteiger partial charge in [-0.25, -0.2) is 0 Å². The molecule has 0 spiro atoms. The van der Waals surface area contributed by atoms with Crippen molar-refractivity contribution in [2.24, 2.45) is 5.41 Å². The first-order valence-corrected chi connectivity index (χ1v) is 8.14. The van der Waals surface area contributed by atoms with E-state index in [-0.39, 0.29) is 6.62 Å². The summed E-state index contributed by atoms with van der Waals surface area (Å²) in [7, 11) is 0. The molecule has 74 valence electrons. The summed E-state index contributed by atoms with van der Waals surface area (Å²) < 4.78 is 0. The van der Waals surface area contributed by atoms with Crippen LogP contribution in [0.15, 0.2) is 35.6 Å². The topological polar surface area (TPSA) is 0 Å². The van der Waals surface area contributed by atoms with Gasteiger partial charge in [0.1, 0.15) is 0 Å². The van der Waals surface area contributed by atoms with E-state index in [1.165, 1.54) is 5.56 Å². The van der Waals surface area contributed by atoms with Crippen LogP contribution >= 0.6 is 22.1 Å². The molecule has 0 radical (unpaired) electrons. The van der Waals surface area contributed by atoms with Crippen molar-refractivity contribution >= 4 is 27.4 Å². The Balaban J connectivity index is 2.35. The third kappa shape index (κ3) is 1.81. The molecular weight excluding hydrogens is 255 g/mol. The van der Waals surface area contributed by atoms with Crippen molar-refractivity contribution in [3.05, 3.63) is 41.2 Å². The molecule has 1 aliphatic heterocycles. The van der Waals surface area contributed by atoms with Gasteiger partial charge in [-0.15, -0.1) is 0 Å². The van der Waals surface area contributed by atoms with Crippen molar-refractivity contribution in [3.63, 3.8) is 0 Å². The van der Waals surface area contributed by atoms with Gasteiger partial charge < -0.3 is 0 Å². The van der Waals surface area contributed by atoms with Gasteiger partial charge in [0, 0.05) is 11.9 Å². The van der Waals surface area contributed by atoms with Gasteiger partial charge in [0.15, 0.2) is 0 Å². The second kappa shape index (κ2) is 3.47. The van der Waals surface area contributed by atoms with Gasteiger partial charge >= 0.3 is 0 Å². The van der Waals surface area contributed by atoms with Crippen molar-refractivity contribution in [2.45, 2.75) is 20.8 Å². The Morgan fingerprint density at radius 3 is 2.07 bits per heavy atom. The van der Waals surface area contributed by atoms with Crippen LogP contribution in [0.4, 0.5) is 0 Å². The molecule has 0 amide bonds. The Bertz CT molecular complexity index is 373. The normalized spacial score (nSPS) is 21.3. The maximum absolute atomic E-state index is 3.78. The molecule has 2 rings (SSSR count). The van der Waals surface area contributed by atoms with Gasteiger partial charge in [-0.2, -0.15) is 0 Å². The minimum absolute atomic E-state index is 0.116. The van der Waals surface area contributed by atoms with E-state index in [4.69, 9.17) is 0 Å². The number of allylic oxidation sites excluding steroid dienone is 1. The van der Waals surface area contributed by atoms with Crippen molar-refractivity contribution in [3.8, 4) is 0 Å². The lowest BCUT2D eigenvalue weighted by Crippen LogP contribution is -2.00. The highest BCUT2D eigenvalue weighted by Gasteiger charge is 2.42. The highest BCUT2D eigenvalue weighted by atomic mass is 79.9. The van der Waals surface area contributed by atoms with Crippen LogP contribution < -0.4 is 0 Å². The van der Waals surface area contributed by atoms with Gasteiger partial charge in [0.2, 0.25) is 0 Å². The third-order valence-corrected chi connectivity index (χ3v) is 6.39. The number of benzene rings is 1. The number of hydrogen-bond acceptors (Lipinski definition) is 0. The van der Waals surface area contributed by atoms with Crippen molar-refractivity contribution in [2.75, 3.05) is 0 Å². The van der Waals surface area contributed by atoms with Gasteiger partial charge in [-0.1, -0.05) is 66.6 Å². The molecule has 0 aromatic heterocycles. The maximum atomic E-state index is 3.78. The van der Waals surface area contributed by atoms with E-state index in [1.54, 1.807) is 10.6 Å². The second-order valence-corrected chi connectivity index (χ2v) is 8.18. The number of rotatable bonds is 1. The zero-order valence-corrected chi connectivity index (χ0v) is 11.2. The zero-order chi connectivity index (χ0) is 10.3. The summed E-state index contributed by atoms with van der Waals surface area (Å²) in [5, 5.41) is 3.16. The summed E-state index contributed by atoms with van der Waals surface area (Å²) in [6.45, 7) is 6.74. The molecule has 1 aliphatic rings. The summed E-state index contributed by atoms with van der Waals surface area (Å²) in [5.41, 5.74) is 1.71. The monoisotopic (exact) mass is 268 g/mol. The Morgan fingerprint density at radius 1 is 1.07 bits per heavy atom. The maximum Gasteiger partial charge on any atom is 0.0246 e. The minimum Gasteiger partial charge on any atom is -0.0622 e. The van der Waals surface area contributed by atoms with E-state index in [2.05, 4.69) is 66.6 Å². The van der Waals surface area contributed by atoms with E-state index in [9.17, 15) is 0 Å². The molecule has 0 fully saturated rings. The molecule has 0 saturated heterocycles. The van der Waals surface area contributed by atoms with Crippen molar-refractivity contribution in [1.29, 1.82) is 0 Å². The summed E-state index contributed by atoms with van der Waals surface area (Å²) in [6.07, 6.45) is 0. The fraction of sp³-hybridized carbons (Fsp3) is 0.333. The van der Waals surface area contributed by atoms with E-state index in [0.717, 1.165) is 0 Å². The van der Waals surface area contributed by atoms with Gasteiger partial charge in [-0.3, -0.25) is 0 Å². The zero-order valence-electron chi connectivity index (χ0n) is 8.71. The second-order valence-electron chi connectivity index (χ2n) is 4.59. The lowest BCUT2D eigenvalue weighted by atomic mass is 9.95. The predicted molar refractivity (Wildman–Crippen MR) is 68.7 cm³/mol. The Morgan fingerprint density at radius 2 is 1.64 bits per heavy atom. The summed E-state index contributed by atoms with van der Waals surface area (Å²) in [4.78, 5) is 0. The molecule has 0 N–H and O–H groups in total. The standard InChI is InChI=1S/C12H14BrP/c1-12(2,3)11-10(14(11)13)9-7-5-4-6-8-9/h4-8H,1-3H3. The fourth-order valence-electron chi connectivity index (χ4n) is 1.64. The van der Waals surface area contributed by atoms with Crippen molar-refractivity contribution in [1.82, 2.24) is 0 Å². The molecule has 1 heterocycles. The lowest BCUT2D eigenvalue weighted by Gasteiger charge is -2.13. The Kier molecular flexibility index (Phi) is 2.57. The van der Waals surface area contributed by atoms with Crippen LogP contribution in [-0.4, -0.2) is 0 Å². The molecule has 1 aromatic rings. The highest BCUT2D eigenvalue weighted by Crippen LogP contribution is 2.83. The highest BCUT2D eigenvalue weighted by molar-refractivity contribution is 9.41. The molecule has 0 nitrogen and oxygen atoms in total. The van der Waals surface area contributed by atoms with Gasteiger partial charge in [0.05, 0.1) is 0 Å². The molecule has 1 atom stereocenters. The molecule has 1 aromatic carbocycles. The van der Waals surface area contributed by atoms with Crippen LogP contribution in [0.1, 0.15) is 26.3 Å². The van der Waals surface area contributed by atoms with E-state index in [1.807, 2.05) is 0 Å². The van der Waals surface area contributed by atoms with Crippen LogP contribution in [0.5, 0.6) is 0 Å². The summed E-state index contributed by atoms with van der Waals surface area (Å²) >= 11 is 3.78. The average molecular weight is 269 g/mol. The summed E-state index contributed by atoms with van der Waals surface area (Å²) in [6, 6.07) is 10.7. The smallest absolute Gasteiger partial charge is 0.0246 e. The lowest BCUT2D eigenvalue weighted by molar-refractivity contribution is 0.540. The molecular formula is C12H14BrP. The SMILES string of the molecule is CC(C)(C)C1=C(c2ccccc2)P1Br. The Labute approximate surface area is 94.9 Å². The molecule has 0 saturated carbocycles. The quantitative estimate of drug-likeness (QED) is 0.614. The first kappa shape index (κ1) is 10.4. The van der Waals surface area contributed by atoms with E-state index in [0.29, 0.717) is 5.41 Å². The van der Waals surface area contributed by atoms with Gasteiger partial charge in [0.25, 0.3) is 0 Å². The third-order valence-electron chi connectivity index (χ3n) is 2.32. The molecule has 1 unspecified atom stereocenters. The average Bonchev–Trinajstić information content (AvgIpc) is 2.78. The van der Waals surface area contributed by atoms with Crippen LogP contribution in [0, 0.1) is 5.41 Å². The molecule has 0 bridgehead atoms. The number of halogens is 1. The predicted octanol–water partition coefficient (Wildman–Crippen LogP) is 5.21. The Hall–Kier alpha value is -0.130. The number of hydrogen-bond donors (Lipinski definition) is 0. The van der Waals surface area contributed by atoms with Crippen molar-refractivity contribution < 1.29 is 0 Å². The van der Waals surface area contributed by atoms with E-state index >= 15 is 0 Å². The first-order chi connectivity index (χ1) is 6.52. The van der Waals surface area contributed by atoms with Crippen LogP contribution in [0.2, 0.25) is 0 Å². The van der Waals surface area contributed by atoms with E-state index < -0.39 is 0 Å². The van der Waals surface area contributed by atoms with Crippen LogP contribution in [0.3, 0.4) is 0 Å². The fourth-order valence-corrected chi connectivity index (χ4v) is 6.93. The summed E-state index contributed by atoms with van der Waals surface area (Å²) in [5.74, 6) is 0. The molecule has 0 aliphatic carbocycles. The molecule has 2 heteroatoms. The van der Waals surface area contributed by atoms with Crippen LogP contribution in [0.25, 0.3) is 5.31 Å². The molecule has 14 heavy (non-hydrogen) atoms. The van der Waals surface area contributed by atoms with Gasteiger partial charge in [-0.05, 0) is 16.3 Å². The minimum atomic E-state index is -0.116. The van der Waals surface area contributed by atoms with Crippen LogP contribution in [-0.2, 0) is 0 Å². The first-order valence-electron chi connectivity index (χ1n) is 4.78.